The van der Waals surface area contributed by atoms with Crippen LogP contribution in [0.3, 0.4) is 0 Å². The Hall–Kier alpha value is -0.930. The van der Waals surface area contributed by atoms with Crippen molar-refractivity contribution in [2.24, 2.45) is 0 Å². The summed E-state index contributed by atoms with van der Waals surface area (Å²) in [7, 11) is 1.69. The fourth-order valence-corrected chi connectivity index (χ4v) is 1.39. The Morgan fingerprint density at radius 3 is 2.56 bits per heavy atom. The Kier molecular flexibility index (Phi) is 5.43. The number of carbonyl (C=O) groups is 1. The van der Waals surface area contributed by atoms with E-state index in [1.807, 2.05) is 0 Å². The number of benzene rings is 1. The molecule has 16 heavy (non-hydrogen) atoms. The van der Waals surface area contributed by atoms with Gasteiger partial charge in [-0.1, -0.05) is 11.6 Å². The van der Waals surface area contributed by atoms with Gasteiger partial charge in [0.25, 0.3) is 0 Å². The van der Waals surface area contributed by atoms with Crippen LogP contribution in [-0.2, 0) is 4.79 Å². The number of alkyl halides is 1. The molecule has 1 amide bonds. The largest absolute Gasteiger partial charge is 0.492 e. The first-order valence-electron chi connectivity index (χ1n) is 4.82. The Morgan fingerprint density at radius 1 is 1.38 bits per heavy atom. The summed E-state index contributed by atoms with van der Waals surface area (Å²) in [6.07, 6.45) is 0. The van der Waals surface area contributed by atoms with Crippen molar-refractivity contribution in [1.29, 1.82) is 0 Å². The molecule has 1 rings (SSSR count). The van der Waals surface area contributed by atoms with E-state index in [9.17, 15) is 4.79 Å². The zero-order chi connectivity index (χ0) is 12.0. The molecule has 0 spiro atoms. The van der Waals surface area contributed by atoms with Crippen molar-refractivity contribution in [2.45, 2.75) is 0 Å². The Morgan fingerprint density at radius 2 is 2.00 bits per heavy atom. The SMILES string of the molecule is CN(CCOc1ccc(Cl)cc1)C(=O)CCl. The molecule has 0 atom stereocenters. The van der Waals surface area contributed by atoms with E-state index in [0.717, 1.165) is 5.75 Å². The van der Waals surface area contributed by atoms with Gasteiger partial charge in [0.1, 0.15) is 18.2 Å². The highest BCUT2D eigenvalue weighted by Crippen LogP contribution is 2.15. The number of likely N-dealkylation sites (N-methyl/N-ethyl adjacent to an activating group) is 1. The molecule has 0 unspecified atom stereocenters. The highest BCUT2D eigenvalue weighted by Gasteiger charge is 2.06. The third-order valence-electron chi connectivity index (χ3n) is 2.05. The van der Waals surface area contributed by atoms with E-state index in [1.54, 1.807) is 31.3 Å². The third kappa shape index (κ3) is 4.29. The second kappa shape index (κ2) is 6.61. The number of ether oxygens (including phenoxy) is 1. The molecule has 1 aromatic rings. The van der Waals surface area contributed by atoms with Crippen LogP contribution in [0.15, 0.2) is 24.3 Å². The predicted molar refractivity (Wildman–Crippen MR) is 65.3 cm³/mol. The molecule has 1 aromatic carbocycles. The summed E-state index contributed by atoms with van der Waals surface area (Å²) in [5, 5.41) is 0.668. The Labute approximate surface area is 105 Å². The zero-order valence-electron chi connectivity index (χ0n) is 8.95. The van der Waals surface area contributed by atoms with E-state index in [-0.39, 0.29) is 11.8 Å². The maximum absolute atomic E-state index is 11.1. The van der Waals surface area contributed by atoms with Crippen LogP contribution in [0.25, 0.3) is 0 Å². The first kappa shape index (κ1) is 13.1. The van der Waals surface area contributed by atoms with Crippen molar-refractivity contribution in [3.8, 4) is 5.75 Å². The fraction of sp³-hybridized carbons (Fsp3) is 0.364. The first-order chi connectivity index (χ1) is 7.63. The third-order valence-corrected chi connectivity index (χ3v) is 2.53. The number of halogens is 2. The van der Waals surface area contributed by atoms with Gasteiger partial charge in [0.15, 0.2) is 0 Å². The van der Waals surface area contributed by atoms with Gasteiger partial charge in [0.2, 0.25) is 5.91 Å². The molecule has 0 saturated heterocycles. The molecule has 0 heterocycles. The minimum atomic E-state index is -0.110. The molecule has 0 aromatic heterocycles. The summed E-state index contributed by atoms with van der Waals surface area (Å²) in [5.74, 6) is 0.620. The minimum Gasteiger partial charge on any atom is -0.492 e. The van der Waals surface area contributed by atoms with Gasteiger partial charge < -0.3 is 9.64 Å². The number of hydrogen-bond acceptors (Lipinski definition) is 2. The molecule has 0 bridgehead atoms. The molecule has 5 heteroatoms. The summed E-state index contributed by atoms with van der Waals surface area (Å²) in [6.45, 7) is 0.939. The van der Waals surface area contributed by atoms with Gasteiger partial charge in [0.05, 0.1) is 6.54 Å². The van der Waals surface area contributed by atoms with Gasteiger partial charge in [-0.2, -0.15) is 0 Å². The van der Waals surface area contributed by atoms with Crippen molar-refractivity contribution >= 4 is 29.1 Å². The molecule has 88 valence electrons. The highest BCUT2D eigenvalue weighted by molar-refractivity contribution is 6.30. The van der Waals surface area contributed by atoms with Crippen LogP contribution in [0.4, 0.5) is 0 Å². The van der Waals surface area contributed by atoms with Gasteiger partial charge in [-0.3, -0.25) is 4.79 Å². The van der Waals surface area contributed by atoms with Crippen LogP contribution in [0, 0.1) is 0 Å². The lowest BCUT2D eigenvalue weighted by atomic mass is 10.3. The number of hydrogen-bond donors (Lipinski definition) is 0. The average Bonchev–Trinajstić information content (AvgIpc) is 2.30. The van der Waals surface area contributed by atoms with E-state index >= 15 is 0 Å². The minimum absolute atomic E-state index is 0.00253. The number of nitrogens with zero attached hydrogens (tertiary/aromatic N) is 1. The summed E-state index contributed by atoms with van der Waals surface area (Å²) >= 11 is 11.1. The van der Waals surface area contributed by atoms with Crippen LogP contribution in [0.2, 0.25) is 5.02 Å². The number of amides is 1. The van der Waals surface area contributed by atoms with E-state index < -0.39 is 0 Å². The molecule has 0 aliphatic carbocycles. The second-order valence-electron chi connectivity index (χ2n) is 3.25. The van der Waals surface area contributed by atoms with Crippen LogP contribution in [-0.4, -0.2) is 36.9 Å². The van der Waals surface area contributed by atoms with Crippen LogP contribution in [0.1, 0.15) is 0 Å². The van der Waals surface area contributed by atoms with Gasteiger partial charge in [-0.15, -0.1) is 11.6 Å². The molecule has 0 radical (unpaired) electrons. The van der Waals surface area contributed by atoms with Crippen LogP contribution >= 0.6 is 23.2 Å². The second-order valence-corrected chi connectivity index (χ2v) is 3.96. The number of rotatable bonds is 5. The van der Waals surface area contributed by atoms with E-state index in [1.165, 1.54) is 4.90 Å². The average molecular weight is 262 g/mol. The molecule has 0 saturated carbocycles. The van der Waals surface area contributed by atoms with E-state index in [2.05, 4.69) is 0 Å². The lowest BCUT2D eigenvalue weighted by Crippen LogP contribution is -2.31. The lowest BCUT2D eigenvalue weighted by Gasteiger charge is -2.15. The molecule has 3 nitrogen and oxygen atoms in total. The highest BCUT2D eigenvalue weighted by atomic mass is 35.5. The maximum atomic E-state index is 11.1. The topological polar surface area (TPSA) is 29.5 Å². The van der Waals surface area contributed by atoms with Gasteiger partial charge in [-0.05, 0) is 24.3 Å². The van der Waals surface area contributed by atoms with Gasteiger partial charge in [0, 0.05) is 12.1 Å². The van der Waals surface area contributed by atoms with Crippen LogP contribution in [0.5, 0.6) is 5.75 Å². The zero-order valence-corrected chi connectivity index (χ0v) is 10.5. The number of carbonyl (C=O) groups excluding carboxylic acids is 1. The fourth-order valence-electron chi connectivity index (χ4n) is 1.06. The van der Waals surface area contributed by atoms with Crippen molar-refractivity contribution in [1.82, 2.24) is 4.90 Å². The normalized spacial score (nSPS) is 9.94. The smallest absolute Gasteiger partial charge is 0.237 e. The summed E-state index contributed by atoms with van der Waals surface area (Å²) < 4.78 is 5.43. The Bertz CT molecular complexity index is 340. The van der Waals surface area contributed by atoms with Gasteiger partial charge >= 0.3 is 0 Å². The summed E-state index contributed by atoms with van der Waals surface area (Å²) in [4.78, 5) is 12.7. The van der Waals surface area contributed by atoms with E-state index in [4.69, 9.17) is 27.9 Å². The molecule has 0 N–H and O–H groups in total. The summed E-state index contributed by atoms with van der Waals surface area (Å²) in [6, 6.07) is 7.08. The molecular formula is C11H13Cl2NO2. The van der Waals surface area contributed by atoms with Crippen molar-refractivity contribution < 1.29 is 9.53 Å². The standard InChI is InChI=1S/C11H13Cl2NO2/c1-14(11(15)8-12)6-7-16-10-4-2-9(13)3-5-10/h2-5H,6-8H2,1H3. The quantitative estimate of drug-likeness (QED) is 0.762. The molecule has 0 aliphatic rings. The van der Waals surface area contributed by atoms with Gasteiger partial charge in [-0.25, -0.2) is 0 Å². The maximum Gasteiger partial charge on any atom is 0.237 e. The summed E-state index contributed by atoms with van der Waals surface area (Å²) in [5.41, 5.74) is 0. The van der Waals surface area contributed by atoms with Crippen LogP contribution < -0.4 is 4.74 Å². The first-order valence-corrected chi connectivity index (χ1v) is 5.73. The van der Waals surface area contributed by atoms with Crippen molar-refractivity contribution in [2.75, 3.05) is 26.1 Å². The molecular weight excluding hydrogens is 249 g/mol. The molecule has 0 aliphatic heterocycles. The van der Waals surface area contributed by atoms with Crippen molar-refractivity contribution in [3.05, 3.63) is 29.3 Å². The van der Waals surface area contributed by atoms with Crippen molar-refractivity contribution in [3.63, 3.8) is 0 Å². The Balaban J connectivity index is 2.30. The molecule has 0 fully saturated rings. The lowest BCUT2D eigenvalue weighted by molar-refractivity contribution is -0.127. The monoisotopic (exact) mass is 261 g/mol. The predicted octanol–water partition coefficient (Wildman–Crippen LogP) is 2.42. The van der Waals surface area contributed by atoms with E-state index in [0.29, 0.717) is 18.2 Å².